The molecule has 0 aliphatic heterocycles. The van der Waals surface area contributed by atoms with Gasteiger partial charge in [-0.15, -0.1) is 10.2 Å². The van der Waals surface area contributed by atoms with E-state index in [1.54, 1.807) is 36.4 Å². The van der Waals surface area contributed by atoms with Gasteiger partial charge in [0.25, 0.3) is 5.22 Å². The summed E-state index contributed by atoms with van der Waals surface area (Å²) in [5.74, 6) is -0.0484. The number of carbonyl (C=O) groups excluding carboxylic acids is 1. The van der Waals surface area contributed by atoms with Crippen LogP contribution < -0.4 is 0 Å². The molecule has 7 heteroatoms. The zero-order valence-corrected chi connectivity index (χ0v) is 16.3. The molecule has 27 heavy (non-hydrogen) atoms. The van der Waals surface area contributed by atoms with E-state index in [1.807, 2.05) is 0 Å². The summed E-state index contributed by atoms with van der Waals surface area (Å²) in [5.41, 5.74) is 1.83. The van der Waals surface area contributed by atoms with E-state index < -0.39 is 5.82 Å². The molecule has 0 bridgehead atoms. The highest BCUT2D eigenvalue weighted by Crippen LogP contribution is 2.41. The second-order valence-corrected chi connectivity index (χ2v) is 7.57. The Bertz CT molecular complexity index is 915. The van der Waals surface area contributed by atoms with Gasteiger partial charge in [-0.1, -0.05) is 67.4 Å². The predicted octanol–water partition coefficient (Wildman–Crippen LogP) is 6.37. The van der Waals surface area contributed by atoms with E-state index in [9.17, 15) is 9.18 Å². The Hall–Kier alpha value is -2.18. The number of hydrogen-bond donors (Lipinski definition) is 0. The molecule has 4 nitrogen and oxygen atoms in total. The second-order valence-electron chi connectivity index (χ2n) is 6.00. The molecule has 1 unspecified atom stereocenters. The molecule has 0 aliphatic rings. The fraction of sp³-hybridized carbons (Fsp3) is 0.250. The van der Waals surface area contributed by atoms with Crippen molar-refractivity contribution < 1.29 is 13.6 Å². The summed E-state index contributed by atoms with van der Waals surface area (Å²) in [6, 6.07) is 11.9. The van der Waals surface area contributed by atoms with Crippen LogP contribution in [0.25, 0.3) is 11.5 Å². The Balaban J connectivity index is 1.82. The van der Waals surface area contributed by atoms with Gasteiger partial charge >= 0.3 is 0 Å². The number of rotatable bonds is 8. The lowest BCUT2D eigenvalue weighted by molar-refractivity contribution is 0.112. The maximum atomic E-state index is 14.5. The van der Waals surface area contributed by atoms with Crippen molar-refractivity contribution in [2.75, 3.05) is 0 Å². The summed E-state index contributed by atoms with van der Waals surface area (Å²) >= 11 is 7.28. The third-order valence-electron chi connectivity index (χ3n) is 4.09. The Morgan fingerprint density at radius 2 is 2.00 bits per heavy atom. The Morgan fingerprint density at radius 3 is 2.70 bits per heavy atom. The van der Waals surface area contributed by atoms with E-state index >= 15 is 0 Å². The first kappa shape index (κ1) is 19.6. The SMILES string of the molecule is CCCCC(Sc1nnc(-c2ccc(C=O)cc2)o1)c1cccc(Cl)c1F. The van der Waals surface area contributed by atoms with Crippen molar-refractivity contribution in [1.82, 2.24) is 10.2 Å². The Morgan fingerprint density at radius 1 is 1.22 bits per heavy atom. The van der Waals surface area contributed by atoms with E-state index in [0.29, 0.717) is 22.2 Å². The maximum absolute atomic E-state index is 14.5. The molecule has 0 amide bonds. The summed E-state index contributed by atoms with van der Waals surface area (Å²) in [6.45, 7) is 2.09. The smallest absolute Gasteiger partial charge is 0.277 e. The molecule has 1 heterocycles. The van der Waals surface area contributed by atoms with Crippen LogP contribution in [0.3, 0.4) is 0 Å². The molecule has 1 aromatic heterocycles. The molecule has 0 radical (unpaired) electrons. The molecule has 0 saturated heterocycles. The highest BCUT2D eigenvalue weighted by Gasteiger charge is 2.21. The van der Waals surface area contributed by atoms with Crippen molar-refractivity contribution in [3.8, 4) is 11.5 Å². The summed E-state index contributed by atoms with van der Waals surface area (Å²) in [5, 5.41) is 8.45. The van der Waals surface area contributed by atoms with Crippen LogP contribution in [0.5, 0.6) is 0 Å². The first-order valence-electron chi connectivity index (χ1n) is 8.62. The quantitative estimate of drug-likeness (QED) is 0.322. The van der Waals surface area contributed by atoms with Crippen molar-refractivity contribution in [3.63, 3.8) is 0 Å². The largest absolute Gasteiger partial charge is 0.411 e. The van der Waals surface area contributed by atoms with E-state index in [4.69, 9.17) is 16.0 Å². The average molecular weight is 405 g/mol. The van der Waals surface area contributed by atoms with Crippen LogP contribution >= 0.6 is 23.4 Å². The predicted molar refractivity (Wildman–Crippen MR) is 105 cm³/mol. The molecule has 0 saturated carbocycles. The van der Waals surface area contributed by atoms with Crippen LogP contribution in [-0.4, -0.2) is 16.5 Å². The maximum Gasteiger partial charge on any atom is 0.277 e. The molecule has 3 rings (SSSR count). The van der Waals surface area contributed by atoms with E-state index in [0.717, 1.165) is 31.1 Å². The number of aromatic nitrogens is 2. The number of carbonyl (C=O) groups is 1. The fourth-order valence-electron chi connectivity index (χ4n) is 2.64. The lowest BCUT2D eigenvalue weighted by Crippen LogP contribution is -1.99. The van der Waals surface area contributed by atoms with Crippen LogP contribution in [-0.2, 0) is 0 Å². The number of nitrogens with zero attached hydrogens (tertiary/aromatic N) is 2. The van der Waals surface area contributed by atoms with Gasteiger partial charge in [-0.3, -0.25) is 4.79 Å². The zero-order valence-electron chi connectivity index (χ0n) is 14.7. The van der Waals surface area contributed by atoms with Gasteiger partial charge in [0.1, 0.15) is 12.1 Å². The molecule has 0 aliphatic carbocycles. The lowest BCUT2D eigenvalue weighted by atomic mass is 10.1. The van der Waals surface area contributed by atoms with Gasteiger partial charge in [0, 0.05) is 21.9 Å². The van der Waals surface area contributed by atoms with Gasteiger partial charge < -0.3 is 4.42 Å². The minimum Gasteiger partial charge on any atom is -0.411 e. The summed E-state index contributed by atoms with van der Waals surface area (Å²) in [7, 11) is 0. The Kier molecular flexibility index (Phi) is 6.63. The van der Waals surface area contributed by atoms with Gasteiger partial charge in [0.05, 0.1) is 5.02 Å². The van der Waals surface area contributed by atoms with Crippen molar-refractivity contribution in [1.29, 1.82) is 0 Å². The first-order chi connectivity index (χ1) is 13.1. The topological polar surface area (TPSA) is 56.0 Å². The summed E-state index contributed by atoms with van der Waals surface area (Å²) < 4.78 is 20.2. The van der Waals surface area contributed by atoms with Gasteiger partial charge in [-0.2, -0.15) is 0 Å². The van der Waals surface area contributed by atoms with Crippen LogP contribution in [0.1, 0.15) is 47.4 Å². The molecule has 3 aromatic rings. The molecular formula is C20H18ClFN2O2S. The molecule has 2 aromatic carbocycles. The standard InChI is InChI=1S/C20H18ClFN2O2S/c1-2-3-7-17(15-5-4-6-16(21)18(15)22)27-20-24-23-19(26-20)14-10-8-13(12-25)9-11-14/h4-6,8-12,17H,2-3,7H2,1H3. The molecule has 0 spiro atoms. The Labute approximate surface area is 166 Å². The molecule has 0 fully saturated rings. The molecule has 1 atom stereocenters. The molecule has 0 N–H and O–H groups in total. The van der Waals surface area contributed by atoms with Gasteiger partial charge in [0.2, 0.25) is 5.89 Å². The van der Waals surface area contributed by atoms with Crippen molar-refractivity contribution in [2.45, 2.75) is 36.7 Å². The van der Waals surface area contributed by atoms with Crippen LogP contribution in [0.2, 0.25) is 5.02 Å². The van der Waals surface area contributed by atoms with Crippen molar-refractivity contribution in [2.24, 2.45) is 0 Å². The molecule has 140 valence electrons. The lowest BCUT2D eigenvalue weighted by Gasteiger charge is -2.15. The van der Waals surface area contributed by atoms with E-state index in [2.05, 4.69) is 17.1 Å². The second kappa shape index (κ2) is 9.15. The number of aldehydes is 1. The van der Waals surface area contributed by atoms with Crippen LogP contribution in [0, 0.1) is 5.82 Å². The fourth-order valence-corrected chi connectivity index (χ4v) is 3.87. The monoisotopic (exact) mass is 404 g/mol. The average Bonchev–Trinajstić information content (AvgIpc) is 3.16. The minimum absolute atomic E-state index is 0.107. The number of hydrogen-bond acceptors (Lipinski definition) is 5. The highest BCUT2D eigenvalue weighted by molar-refractivity contribution is 7.99. The minimum atomic E-state index is -0.406. The van der Waals surface area contributed by atoms with Gasteiger partial charge in [0.15, 0.2) is 0 Å². The number of halogens is 2. The first-order valence-corrected chi connectivity index (χ1v) is 9.87. The highest BCUT2D eigenvalue weighted by atomic mass is 35.5. The van der Waals surface area contributed by atoms with Crippen LogP contribution in [0.4, 0.5) is 4.39 Å². The zero-order chi connectivity index (χ0) is 19.2. The number of unbranched alkanes of at least 4 members (excludes halogenated alkanes) is 1. The van der Waals surface area contributed by atoms with Crippen molar-refractivity contribution >= 4 is 29.6 Å². The number of thioether (sulfide) groups is 1. The van der Waals surface area contributed by atoms with Gasteiger partial charge in [-0.05, 0) is 24.6 Å². The third kappa shape index (κ3) is 4.76. The van der Waals surface area contributed by atoms with Gasteiger partial charge in [-0.25, -0.2) is 4.39 Å². The third-order valence-corrected chi connectivity index (χ3v) is 5.52. The van der Waals surface area contributed by atoms with Crippen LogP contribution in [0.15, 0.2) is 52.1 Å². The molecular weight excluding hydrogens is 387 g/mol. The van der Waals surface area contributed by atoms with E-state index in [1.165, 1.54) is 17.8 Å². The van der Waals surface area contributed by atoms with Crippen molar-refractivity contribution in [3.05, 3.63) is 64.4 Å². The summed E-state index contributed by atoms with van der Waals surface area (Å²) in [6.07, 6.45) is 3.48. The number of benzene rings is 2. The normalized spacial score (nSPS) is 12.1. The summed E-state index contributed by atoms with van der Waals surface area (Å²) in [4.78, 5) is 10.8. The van der Waals surface area contributed by atoms with E-state index in [-0.39, 0.29) is 10.3 Å².